The van der Waals surface area contributed by atoms with E-state index in [1.54, 1.807) is 0 Å². The molecule has 0 spiro atoms. The number of halogens is 1. The van der Waals surface area contributed by atoms with Gasteiger partial charge in [0.05, 0.1) is 12.6 Å². The van der Waals surface area contributed by atoms with Gasteiger partial charge in [-0.25, -0.2) is 0 Å². The summed E-state index contributed by atoms with van der Waals surface area (Å²) in [6.45, 7) is 8.64. The summed E-state index contributed by atoms with van der Waals surface area (Å²) in [5.41, 5.74) is 1.21. The lowest BCUT2D eigenvalue weighted by molar-refractivity contribution is -0.133. The average molecular weight is 299 g/mol. The van der Waals surface area contributed by atoms with E-state index < -0.39 is 0 Å². The maximum atomic E-state index is 12.3. The quantitative estimate of drug-likeness (QED) is 0.770. The van der Waals surface area contributed by atoms with Crippen LogP contribution in [0.25, 0.3) is 0 Å². The molecule has 3 nitrogen and oxygen atoms in total. The molecule has 0 saturated heterocycles. The zero-order chi connectivity index (χ0) is 14.3. The van der Waals surface area contributed by atoms with Gasteiger partial charge in [-0.15, -0.1) is 12.4 Å². The SMILES string of the molecule is CCC(c1ccccc1)N(C)C(=O)CN(CC)CC.Cl. The Labute approximate surface area is 129 Å². The van der Waals surface area contributed by atoms with Crippen molar-refractivity contribution in [3.05, 3.63) is 35.9 Å². The van der Waals surface area contributed by atoms with Gasteiger partial charge in [-0.05, 0) is 25.1 Å². The lowest BCUT2D eigenvalue weighted by Gasteiger charge is -2.30. The Kier molecular flexibility index (Phi) is 9.26. The second kappa shape index (κ2) is 9.78. The standard InChI is InChI=1S/C16H26N2O.ClH/c1-5-15(14-11-9-8-10-12-14)17(4)16(19)13-18(6-2)7-3;/h8-12,15H,5-7,13H2,1-4H3;1H. The molecule has 114 valence electrons. The van der Waals surface area contributed by atoms with Crippen LogP contribution in [0.4, 0.5) is 0 Å². The molecule has 0 aliphatic carbocycles. The van der Waals surface area contributed by atoms with Crippen molar-refractivity contribution in [1.29, 1.82) is 0 Å². The molecule has 4 heteroatoms. The van der Waals surface area contributed by atoms with Gasteiger partial charge in [0.15, 0.2) is 0 Å². The highest BCUT2D eigenvalue weighted by Crippen LogP contribution is 2.22. The Hall–Kier alpha value is -1.06. The third-order valence-corrected chi connectivity index (χ3v) is 3.69. The van der Waals surface area contributed by atoms with E-state index in [-0.39, 0.29) is 24.4 Å². The second-order valence-electron chi connectivity index (χ2n) is 4.80. The van der Waals surface area contributed by atoms with Crippen LogP contribution in [0.5, 0.6) is 0 Å². The van der Waals surface area contributed by atoms with Crippen molar-refractivity contribution >= 4 is 18.3 Å². The molecular weight excluding hydrogens is 272 g/mol. The molecule has 0 saturated carbocycles. The molecule has 1 aromatic rings. The fraction of sp³-hybridized carbons (Fsp3) is 0.562. The molecule has 0 radical (unpaired) electrons. The third kappa shape index (κ3) is 5.14. The summed E-state index contributed by atoms with van der Waals surface area (Å²) in [6.07, 6.45) is 0.935. The van der Waals surface area contributed by atoms with Gasteiger partial charge in [-0.1, -0.05) is 51.1 Å². The van der Waals surface area contributed by atoms with Crippen LogP contribution in [0.3, 0.4) is 0 Å². The number of hydrogen-bond donors (Lipinski definition) is 0. The van der Waals surface area contributed by atoms with Gasteiger partial charge in [0.1, 0.15) is 0 Å². The van der Waals surface area contributed by atoms with Crippen LogP contribution in [0, 0.1) is 0 Å². The van der Waals surface area contributed by atoms with Crippen LogP contribution < -0.4 is 0 Å². The van der Waals surface area contributed by atoms with E-state index in [1.807, 2.05) is 30.1 Å². The van der Waals surface area contributed by atoms with E-state index >= 15 is 0 Å². The number of rotatable bonds is 7. The summed E-state index contributed by atoms with van der Waals surface area (Å²) in [4.78, 5) is 16.4. The van der Waals surface area contributed by atoms with Crippen molar-refractivity contribution in [2.45, 2.75) is 33.2 Å². The van der Waals surface area contributed by atoms with E-state index in [0.29, 0.717) is 6.54 Å². The van der Waals surface area contributed by atoms with Crippen LogP contribution in [-0.2, 0) is 4.79 Å². The number of benzene rings is 1. The second-order valence-corrected chi connectivity index (χ2v) is 4.80. The summed E-state index contributed by atoms with van der Waals surface area (Å²) in [5.74, 6) is 0.194. The maximum absolute atomic E-state index is 12.3. The van der Waals surface area contributed by atoms with Crippen molar-refractivity contribution < 1.29 is 4.79 Å². The van der Waals surface area contributed by atoms with Gasteiger partial charge in [-0.3, -0.25) is 9.69 Å². The van der Waals surface area contributed by atoms with E-state index in [9.17, 15) is 4.79 Å². The number of carbonyl (C=O) groups is 1. The highest BCUT2D eigenvalue weighted by atomic mass is 35.5. The summed E-state index contributed by atoms with van der Waals surface area (Å²) in [5, 5.41) is 0. The first kappa shape index (κ1) is 18.9. The summed E-state index contributed by atoms with van der Waals surface area (Å²) >= 11 is 0. The van der Waals surface area contributed by atoms with Gasteiger partial charge >= 0.3 is 0 Å². The minimum absolute atomic E-state index is 0. The summed E-state index contributed by atoms with van der Waals surface area (Å²) in [7, 11) is 1.91. The predicted octanol–water partition coefficient (Wildman–Crippen LogP) is 3.36. The first-order chi connectivity index (χ1) is 9.13. The molecule has 0 aliphatic rings. The Morgan fingerprint density at radius 3 is 2.10 bits per heavy atom. The minimum Gasteiger partial charge on any atom is -0.338 e. The number of nitrogens with zero attached hydrogens (tertiary/aromatic N) is 2. The normalized spacial score (nSPS) is 11.8. The first-order valence-corrected chi connectivity index (χ1v) is 7.16. The van der Waals surface area contributed by atoms with Gasteiger partial charge in [0, 0.05) is 7.05 Å². The number of carbonyl (C=O) groups excluding carboxylic acids is 1. The predicted molar refractivity (Wildman–Crippen MR) is 87.3 cm³/mol. The number of hydrogen-bond acceptors (Lipinski definition) is 2. The summed E-state index contributed by atoms with van der Waals surface area (Å²) < 4.78 is 0. The lowest BCUT2D eigenvalue weighted by Crippen LogP contribution is -2.40. The van der Waals surface area contributed by atoms with Crippen molar-refractivity contribution in [2.24, 2.45) is 0 Å². The highest BCUT2D eigenvalue weighted by molar-refractivity contribution is 5.85. The zero-order valence-corrected chi connectivity index (χ0v) is 13.8. The Morgan fingerprint density at radius 2 is 1.65 bits per heavy atom. The molecule has 1 amide bonds. The van der Waals surface area contributed by atoms with Crippen LogP contribution in [0.2, 0.25) is 0 Å². The Morgan fingerprint density at radius 1 is 1.10 bits per heavy atom. The Balaban J connectivity index is 0.00000361. The van der Waals surface area contributed by atoms with Crippen LogP contribution >= 0.6 is 12.4 Å². The fourth-order valence-electron chi connectivity index (χ4n) is 2.33. The van der Waals surface area contributed by atoms with Crippen molar-refractivity contribution in [1.82, 2.24) is 9.80 Å². The molecule has 20 heavy (non-hydrogen) atoms. The highest BCUT2D eigenvalue weighted by Gasteiger charge is 2.20. The van der Waals surface area contributed by atoms with Gasteiger partial charge < -0.3 is 4.90 Å². The largest absolute Gasteiger partial charge is 0.338 e. The van der Waals surface area contributed by atoms with E-state index in [0.717, 1.165) is 19.5 Å². The molecular formula is C16H27ClN2O. The van der Waals surface area contributed by atoms with Gasteiger partial charge in [-0.2, -0.15) is 0 Å². The number of amides is 1. The molecule has 0 aromatic heterocycles. The molecule has 0 aliphatic heterocycles. The molecule has 1 unspecified atom stereocenters. The van der Waals surface area contributed by atoms with Crippen molar-refractivity contribution in [3.63, 3.8) is 0 Å². The van der Waals surface area contributed by atoms with E-state index in [2.05, 4.69) is 37.8 Å². The maximum Gasteiger partial charge on any atom is 0.237 e. The smallest absolute Gasteiger partial charge is 0.237 e. The van der Waals surface area contributed by atoms with E-state index in [4.69, 9.17) is 0 Å². The van der Waals surface area contributed by atoms with E-state index in [1.165, 1.54) is 5.56 Å². The topological polar surface area (TPSA) is 23.6 Å². The van der Waals surface area contributed by atoms with Crippen LogP contribution in [0.1, 0.15) is 38.8 Å². The van der Waals surface area contributed by atoms with Gasteiger partial charge in [0.2, 0.25) is 5.91 Å². The lowest BCUT2D eigenvalue weighted by atomic mass is 10.0. The molecule has 0 bridgehead atoms. The monoisotopic (exact) mass is 298 g/mol. The van der Waals surface area contributed by atoms with Gasteiger partial charge in [0.25, 0.3) is 0 Å². The molecule has 0 heterocycles. The molecule has 0 fully saturated rings. The average Bonchev–Trinajstić information content (AvgIpc) is 2.46. The summed E-state index contributed by atoms with van der Waals surface area (Å²) in [6, 6.07) is 10.4. The zero-order valence-electron chi connectivity index (χ0n) is 13.0. The fourth-order valence-corrected chi connectivity index (χ4v) is 2.33. The molecule has 1 rings (SSSR count). The first-order valence-electron chi connectivity index (χ1n) is 7.16. The molecule has 0 N–H and O–H groups in total. The molecule has 1 aromatic carbocycles. The van der Waals surface area contributed by atoms with Crippen molar-refractivity contribution in [3.8, 4) is 0 Å². The Bertz CT molecular complexity index is 379. The number of likely N-dealkylation sites (N-methyl/N-ethyl adjacent to an activating group) is 2. The third-order valence-electron chi connectivity index (χ3n) is 3.69. The van der Waals surface area contributed by atoms with Crippen LogP contribution in [0.15, 0.2) is 30.3 Å². The minimum atomic E-state index is 0. The van der Waals surface area contributed by atoms with Crippen LogP contribution in [-0.4, -0.2) is 42.4 Å². The molecule has 1 atom stereocenters. The van der Waals surface area contributed by atoms with Crippen molar-refractivity contribution in [2.75, 3.05) is 26.7 Å².